The summed E-state index contributed by atoms with van der Waals surface area (Å²) in [6.07, 6.45) is 15.7. The maximum absolute atomic E-state index is 13.0. The number of esters is 1. The van der Waals surface area contributed by atoms with Crippen molar-refractivity contribution in [2.24, 2.45) is 35.0 Å². The van der Waals surface area contributed by atoms with Crippen molar-refractivity contribution in [3.05, 3.63) is 12.2 Å². The summed E-state index contributed by atoms with van der Waals surface area (Å²) in [4.78, 5) is 13.0. The average molecular weight is 300 g/mol. The number of hydrogen-bond donors (Lipinski definition) is 0. The molecule has 2 nitrogen and oxygen atoms in total. The Morgan fingerprint density at radius 1 is 1.05 bits per heavy atom. The fourth-order valence-electron chi connectivity index (χ4n) is 6.49. The first kappa shape index (κ1) is 13.6. The Bertz CT molecular complexity index is 524. The van der Waals surface area contributed by atoms with Crippen molar-refractivity contribution >= 4 is 5.97 Å². The molecule has 0 aromatic carbocycles. The second kappa shape index (κ2) is 4.39. The predicted molar refractivity (Wildman–Crippen MR) is 85.1 cm³/mol. The van der Waals surface area contributed by atoms with E-state index in [1.165, 1.54) is 44.9 Å². The molecule has 0 radical (unpaired) electrons. The van der Waals surface area contributed by atoms with Crippen molar-refractivity contribution in [1.82, 2.24) is 0 Å². The highest BCUT2D eigenvalue weighted by molar-refractivity contribution is 5.78. The van der Waals surface area contributed by atoms with Crippen LogP contribution in [0.25, 0.3) is 0 Å². The lowest BCUT2D eigenvalue weighted by Gasteiger charge is -2.37. The zero-order valence-electron chi connectivity index (χ0n) is 13.7. The molecule has 5 unspecified atom stereocenters. The van der Waals surface area contributed by atoms with Crippen LogP contribution in [0.2, 0.25) is 0 Å². The number of fused-ring (bicyclic) bond motifs is 6. The third-order valence-electron chi connectivity index (χ3n) is 7.85. The van der Waals surface area contributed by atoms with E-state index in [0.717, 1.165) is 30.6 Å². The summed E-state index contributed by atoms with van der Waals surface area (Å²) < 4.78 is 6.34. The first-order valence-corrected chi connectivity index (χ1v) is 9.51. The van der Waals surface area contributed by atoms with E-state index in [4.69, 9.17) is 4.74 Å². The Morgan fingerprint density at radius 3 is 2.55 bits per heavy atom. The lowest BCUT2D eigenvalue weighted by Crippen LogP contribution is -2.42. The van der Waals surface area contributed by atoms with Gasteiger partial charge in [0.2, 0.25) is 0 Å². The van der Waals surface area contributed by atoms with Gasteiger partial charge in [0.15, 0.2) is 0 Å². The number of hydrogen-bond acceptors (Lipinski definition) is 2. The molecule has 0 amide bonds. The van der Waals surface area contributed by atoms with Crippen molar-refractivity contribution in [3.8, 4) is 0 Å². The van der Waals surface area contributed by atoms with E-state index in [1.807, 2.05) is 0 Å². The third-order valence-corrected chi connectivity index (χ3v) is 7.85. The monoisotopic (exact) mass is 300 g/mol. The van der Waals surface area contributed by atoms with Gasteiger partial charge in [-0.05, 0) is 81.5 Å². The normalized spacial score (nSPS) is 54.7. The van der Waals surface area contributed by atoms with Crippen LogP contribution in [0.3, 0.4) is 0 Å². The SMILES string of the molecule is CC1(C(=O)OC23CCCCCC4C(C2)C4C3)CC2C=CC1C2. The molecule has 0 aliphatic heterocycles. The van der Waals surface area contributed by atoms with E-state index in [9.17, 15) is 4.79 Å². The summed E-state index contributed by atoms with van der Waals surface area (Å²) >= 11 is 0. The molecule has 0 N–H and O–H groups in total. The molecule has 2 heteroatoms. The van der Waals surface area contributed by atoms with Gasteiger partial charge in [-0.1, -0.05) is 25.0 Å². The molecule has 6 aliphatic carbocycles. The van der Waals surface area contributed by atoms with Gasteiger partial charge in [0, 0.05) is 0 Å². The van der Waals surface area contributed by atoms with Gasteiger partial charge in [-0.25, -0.2) is 0 Å². The van der Waals surface area contributed by atoms with E-state index >= 15 is 0 Å². The Hall–Kier alpha value is -0.790. The zero-order valence-corrected chi connectivity index (χ0v) is 13.7. The molecule has 120 valence electrons. The Labute approximate surface area is 133 Å². The van der Waals surface area contributed by atoms with E-state index in [-0.39, 0.29) is 17.0 Å². The van der Waals surface area contributed by atoms with Gasteiger partial charge in [0.05, 0.1) is 5.41 Å². The maximum Gasteiger partial charge on any atom is 0.312 e. The van der Waals surface area contributed by atoms with E-state index < -0.39 is 0 Å². The second-order valence-electron chi connectivity index (χ2n) is 9.18. The molecular formula is C20H28O2. The van der Waals surface area contributed by atoms with Crippen molar-refractivity contribution in [2.75, 3.05) is 0 Å². The van der Waals surface area contributed by atoms with Gasteiger partial charge in [-0.15, -0.1) is 0 Å². The molecule has 22 heavy (non-hydrogen) atoms. The standard InChI is InChI=1S/C20H28O2/c1-19(10-13-6-7-14(19)9-13)18(21)22-20-8-4-2-3-5-15-16(11-20)17(15)12-20/h6-7,13-17H,2-5,8-12H2,1H3. The minimum atomic E-state index is -0.237. The van der Waals surface area contributed by atoms with Gasteiger partial charge in [0.25, 0.3) is 0 Å². The van der Waals surface area contributed by atoms with Crippen molar-refractivity contribution in [1.29, 1.82) is 0 Å². The minimum absolute atomic E-state index is 0.0815. The van der Waals surface area contributed by atoms with Crippen LogP contribution in [0.15, 0.2) is 12.2 Å². The highest BCUT2D eigenvalue weighted by Gasteiger charge is 2.63. The van der Waals surface area contributed by atoms with Crippen molar-refractivity contribution in [2.45, 2.75) is 70.3 Å². The summed E-state index contributed by atoms with van der Waals surface area (Å²) in [5, 5.41) is 0. The topological polar surface area (TPSA) is 26.3 Å². The number of allylic oxidation sites excluding steroid dienone is 2. The van der Waals surface area contributed by atoms with Gasteiger partial charge < -0.3 is 4.74 Å². The molecule has 5 atom stereocenters. The zero-order chi connectivity index (χ0) is 14.9. The van der Waals surface area contributed by atoms with Crippen molar-refractivity contribution < 1.29 is 9.53 Å². The van der Waals surface area contributed by atoms with Crippen LogP contribution in [0.5, 0.6) is 0 Å². The van der Waals surface area contributed by atoms with E-state index in [0.29, 0.717) is 11.8 Å². The lowest BCUT2D eigenvalue weighted by atomic mass is 9.77. The predicted octanol–water partition coefficient (Wildman–Crippen LogP) is 4.49. The molecule has 5 saturated carbocycles. The average Bonchev–Trinajstić information content (AvgIpc) is 2.97. The third kappa shape index (κ3) is 1.82. The number of carbonyl (C=O) groups is 1. The maximum atomic E-state index is 13.0. The lowest BCUT2D eigenvalue weighted by molar-refractivity contribution is -0.175. The summed E-state index contributed by atoms with van der Waals surface area (Å²) in [5.41, 5.74) is -0.319. The van der Waals surface area contributed by atoms with E-state index in [2.05, 4.69) is 19.1 Å². The highest BCUT2D eigenvalue weighted by Crippen LogP contribution is 2.66. The Balaban J connectivity index is 1.34. The fraction of sp³-hybridized carbons (Fsp3) is 0.850. The van der Waals surface area contributed by atoms with Gasteiger partial charge in [-0.2, -0.15) is 0 Å². The van der Waals surface area contributed by atoms with Crippen LogP contribution >= 0.6 is 0 Å². The molecule has 5 fully saturated rings. The molecule has 6 bridgehead atoms. The summed E-state index contributed by atoms with van der Waals surface area (Å²) in [6, 6.07) is 0. The highest BCUT2D eigenvalue weighted by atomic mass is 16.6. The minimum Gasteiger partial charge on any atom is -0.459 e. The molecule has 0 saturated heterocycles. The van der Waals surface area contributed by atoms with Crippen molar-refractivity contribution in [3.63, 3.8) is 0 Å². The van der Waals surface area contributed by atoms with Gasteiger partial charge >= 0.3 is 5.97 Å². The summed E-state index contributed by atoms with van der Waals surface area (Å²) in [7, 11) is 0. The van der Waals surface area contributed by atoms with Crippen LogP contribution in [0, 0.1) is 35.0 Å². The van der Waals surface area contributed by atoms with Crippen LogP contribution in [0.1, 0.15) is 64.7 Å². The first-order chi connectivity index (χ1) is 10.6. The van der Waals surface area contributed by atoms with Crippen LogP contribution in [-0.2, 0) is 9.53 Å². The molecule has 6 rings (SSSR count). The van der Waals surface area contributed by atoms with E-state index in [1.54, 1.807) is 0 Å². The molecule has 0 spiro atoms. The number of carbonyl (C=O) groups excluding carboxylic acids is 1. The van der Waals surface area contributed by atoms with Gasteiger partial charge in [-0.3, -0.25) is 4.79 Å². The summed E-state index contributed by atoms with van der Waals surface area (Å²) in [5.74, 6) is 3.94. The molecule has 0 aromatic rings. The van der Waals surface area contributed by atoms with Gasteiger partial charge in [0.1, 0.15) is 5.60 Å². The van der Waals surface area contributed by atoms with Crippen LogP contribution in [-0.4, -0.2) is 11.6 Å². The largest absolute Gasteiger partial charge is 0.459 e. The quantitative estimate of drug-likeness (QED) is 0.555. The molecule has 6 aliphatic rings. The summed E-state index contributed by atoms with van der Waals surface area (Å²) in [6.45, 7) is 2.16. The molecule has 0 aromatic heterocycles. The van der Waals surface area contributed by atoms with Crippen LogP contribution < -0.4 is 0 Å². The molecular weight excluding hydrogens is 272 g/mol. The number of rotatable bonds is 2. The Kier molecular flexibility index (Phi) is 2.72. The number of ether oxygens (including phenoxy) is 1. The Morgan fingerprint density at radius 2 is 1.86 bits per heavy atom. The smallest absolute Gasteiger partial charge is 0.312 e. The first-order valence-electron chi connectivity index (χ1n) is 9.51. The second-order valence-corrected chi connectivity index (χ2v) is 9.18. The molecule has 0 heterocycles. The van der Waals surface area contributed by atoms with Crippen LogP contribution in [0.4, 0.5) is 0 Å². The fourth-order valence-corrected chi connectivity index (χ4v) is 6.49.